The predicted molar refractivity (Wildman–Crippen MR) is 104 cm³/mol. The fraction of sp³-hybridized carbons (Fsp3) is 0.350. The van der Waals surface area contributed by atoms with Crippen molar-refractivity contribution >= 4 is 23.2 Å². The van der Waals surface area contributed by atoms with Gasteiger partial charge < -0.3 is 19.5 Å². The molecule has 0 unspecified atom stereocenters. The molecule has 0 aliphatic rings. The minimum atomic E-state index is -0.0851. The average Bonchev–Trinajstić information content (AvgIpc) is 2.62. The number of hydrogen-bond donors (Lipinski definition) is 1. The van der Waals surface area contributed by atoms with Crippen LogP contribution in [0.2, 0.25) is 5.02 Å². The highest BCUT2D eigenvalue weighted by Gasteiger charge is 2.09. The standard InChI is InChI=1S/C20H24ClNO4/c1-4-25-18-9-6-14(12-19(18)26-5-2)7-11-20(23)22-15-8-10-17(24-3)16(21)13-15/h6,8-10,12-13H,4-5,7,11H2,1-3H3,(H,22,23). The maximum atomic E-state index is 12.2. The van der Waals surface area contributed by atoms with Crippen molar-refractivity contribution in [2.24, 2.45) is 0 Å². The van der Waals surface area contributed by atoms with Gasteiger partial charge in [0, 0.05) is 12.1 Å². The van der Waals surface area contributed by atoms with Crippen molar-refractivity contribution in [2.75, 3.05) is 25.6 Å². The van der Waals surface area contributed by atoms with Crippen molar-refractivity contribution in [1.82, 2.24) is 0 Å². The van der Waals surface area contributed by atoms with Crippen molar-refractivity contribution in [3.8, 4) is 17.2 Å². The van der Waals surface area contributed by atoms with Crippen LogP contribution < -0.4 is 19.5 Å². The van der Waals surface area contributed by atoms with E-state index in [1.165, 1.54) is 0 Å². The van der Waals surface area contributed by atoms with Gasteiger partial charge in [0.1, 0.15) is 5.75 Å². The van der Waals surface area contributed by atoms with E-state index in [1.54, 1.807) is 25.3 Å². The maximum Gasteiger partial charge on any atom is 0.224 e. The molecule has 0 fully saturated rings. The molecular formula is C20H24ClNO4. The van der Waals surface area contributed by atoms with Crippen molar-refractivity contribution in [3.63, 3.8) is 0 Å². The van der Waals surface area contributed by atoms with Crippen molar-refractivity contribution in [3.05, 3.63) is 47.0 Å². The lowest BCUT2D eigenvalue weighted by molar-refractivity contribution is -0.116. The molecule has 1 N–H and O–H groups in total. The zero-order chi connectivity index (χ0) is 18.9. The van der Waals surface area contributed by atoms with E-state index in [0.717, 1.165) is 11.3 Å². The second kappa shape index (κ2) is 9.92. The zero-order valence-corrected chi connectivity index (χ0v) is 16.1. The maximum absolute atomic E-state index is 12.2. The summed E-state index contributed by atoms with van der Waals surface area (Å²) >= 11 is 6.07. The van der Waals surface area contributed by atoms with Gasteiger partial charge in [-0.3, -0.25) is 4.79 Å². The number of halogens is 1. The second-order valence-electron chi connectivity index (χ2n) is 5.54. The molecule has 0 aromatic heterocycles. The molecule has 0 radical (unpaired) electrons. The summed E-state index contributed by atoms with van der Waals surface area (Å²) in [4.78, 5) is 12.2. The summed E-state index contributed by atoms with van der Waals surface area (Å²) in [5.41, 5.74) is 1.65. The van der Waals surface area contributed by atoms with Gasteiger partial charge in [-0.1, -0.05) is 17.7 Å². The average molecular weight is 378 g/mol. The van der Waals surface area contributed by atoms with Crippen LogP contribution in [0.5, 0.6) is 17.2 Å². The zero-order valence-electron chi connectivity index (χ0n) is 15.3. The van der Waals surface area contributed by atoms with Gasteiger partial charge in [0.15, 0.2) is 11.5 Å². The van der Waals surface area contributed by atoms with E-state index in [4.69, 9.17) is 25.8 Å². The van der Waals surface area contributed by atoms with E-state index in [9.17, 15) is 4.79 Å². The van der Waals surface area contributed by atoms with Crippen LogP contribution in [0.15, 0.2) is 36.4 Å². The number of carbonyl (C=O) groups is 1. The molecule has 0 bridgehead atoms. The SMILES string of the molecule is CCOc1ccc(CCC(=O)Nc2ccc(OC)c(Cl)c2)cc1OCC. The summed E-state index contributed by atoms with van der Waals surface area (Å²) < 4.78 is 16.3. The van der Waals surface area contributed by atoms with Gasteiger partial charge in [0.25, 0.3) is 0 Å². The Hall–Kier alpha value is -2.40. The van der Waals surface area contributed by atoms with Gasteiger partial charge in [-0.15, -0.1) is 0 Å². The Morgan fingerprint density at radius 3 is 2.35 bits per heavy atom. The fourth-order valence-corrected chi connectivity index (χ4v) is 2.73. The molecule has 0 spiro atoms. The van der Waals surface area contributed by atoms with Crippen LogP contribution in [0.4, 0.5) is 5.69 Å². The van der Waals surface area contributed by atoms with Gasteiger partial charge in [0.05, 0.1) is 25.3 Å². The highest BCUT2D eigenvalue weighted by atomic mass is 35.5. The van der Waals surface area contributed by atoms with Crippen LogP contribution in [0.3, 0.4) is 0 Å². The van der Waals surface area contributed by atoms with Gasteiger partial charge in [-0.05, 0) is 56.2 Å². The molecule has 2 aromatic carbocycles. The Balaban J connectivity index is 1.96. The molecule has 26 heavy (non-hydrogen) atoms. The molecule has 5 nitrogen and oxygen atoms in total. The van der Waals surface area contributed by atoms with Crippen LogP contribution in [0.1, 0.15) is 25.8 Å². The van der Waals surface area contributed by atoms with Crippen LogP contribution in [0, 0.1) is 0 Å². The lowest BCUT2D eigenvalue weighted by Crippen LogP contribution is -2.12. The first-order valence-corrected chi connectivity index (χ1v) is 8.97. The number of methoxy groups -OCH3 is 1. The highest BCUT2D eigenvalue weighted by molar-refractivity contribution is 6.32. The van der Waals surface area contributed by atoms with Crippen molar-refractivity contribution in [1.29, 1.82) is 0 Å². The number of amides is 1. The molecule has 0 aliphatic carbocycles. The van der Waals surface area contributed by atoms with Crippen LogP contribution >= 0.6 is 11.6 Å². The third-order valence-electron chi connectivity index (χ3n) is 3.68. The summed E-state index contributed by atoms with van der Waals surface area (Å²) in [6, 6.07) is 10.9. The first-order chi connectivity index (χ1) is 12.6. The summed E-state index contributed by atoms with van der Waals surface area (Å²) in [6.07, 6.45) is 0.950. The number of ether oxygens (including phenoxy) is 3. The number of benzene rings is 2. The molecule has 6 heteroatoms. The lowest BCUT2D eigenvalue weighted by Gasteiger charge is -2.12. The quantitative estimate of drug-likeness (QED) is 0.687. The highest BCUT2D eigenvalue weighted by Crippen LogP contribution is 2.29. The predicted octanol–water partition coefficient (Wildman–Crippen LogP) is 4.72. The van der Waals surface area contributed by atoms with E-state index in [0.29, 0.717) is 48.3 Å². The number of carbonyl (C=O) groups excluding carboxylic acids is 1. The summed E-state index contributed by atoms with van der Waals surface area (Å²) in [5.74, 6) is 1.91. The first-order valence-electron chi connectivity index (χ1n) is 8.59. The van der Waals surface area contributed by atoms with E-state index >= 15 is 0 Å². The van der Waals surface area contributed by atoms with E-state index in [-0.39, 0.29) is 5.91 Å². The fourth-order valence-electron chi connectivity index (χ4n) is 2.48. The smallest absolute Gasteiger partial charge is 0.224 e. The monoisotopic (exact) mass is 377 g/mol. The minimum Gasteiger partial charge on any atom is -0.495 e. The Kier molecular flexibility index (Phi) is 7.60. The molecule has 2 rings (SSSR count). The van der Waals surface area contributed by atoms with Crippen LogP contribution in [-0.2, 0) is 11.2 Å². The van der Waals surface area contributed by atoms with Gasteiger partial charge in [0.2, 0.25) is 5.91 Å². The van der Waals surface area contributed by atoms with Gasteiger partial charge in [-0.2, -0.15) is 0 Å². The number of anilines is 1. The molecule has 0 saturated heterocycles. The Bertz CT molecular complexity index is 749. The number of aryl methyl sites for hydroxylation is 1. The van der Waals surface area contributed by atoms with E-state index in [1.807, 2.05) is 32.0 Å². The molecule has 2 aromatic rings. The number of rotatable bonds is 9. The van der Waals surface area contributed by atoms with Crippen molar-refractivity contribution in [2.45, 2.75) is 26.7 Å². The Morgan fingerprint density at radius 1 is 1.00 bits per heavy atom. The number of nitrogens with one attached hydrogen (secondary N) is 1. The second-order valence-corrected chi connectivity index (χ2v) is 5.95. The van der Waals surface area contributed by atoms with E-state index < -0.39 is 0 Å². The van der Waals surface area contributed by atoms with Crippen molar-refractivity contribution < 1.29 is 19.0 Å². The normalized spacial score (nSPS) is 10.3. The topological polar surface area (TPSA) is 56.8 Å². The molecule has 1 amide bonds. The number of hydrogen-bond acceptors (Lipinski definition) is 4. The third kappa shape index (κ3) is 5.56. The van der Waals surface area contributed by atoms with Crippen LogP contribution in [-0.4, -0.2) is 26.2 Å². The summed E-state index contributed by atoms with van der Waals surface area (Å²) in [6.45, 7) is 4.99. The molecule has 140 valence electrons. The van der Waals surface area contributed by atoms with E-state index in [2.05, 4.69) is 5.32 Å². The summed E-state index contributed by atoms with van der Waals surface area (Å²) in [5, 5.41) is 3.30. The molecule has 0 aliphatic heterocycles. The first kappa shape index (κ1) is 19.9. The Labute approximate surface area is 159 Å². The molecule has 0 saturated carbocycles. The molecule has 0 atom stereocenters. The van der Waals surface area contributed by atoms with Gasteiger partial charge >= 0.3 is 0 Å². The largest absolute Gasteiger partial charge is 0.495 e. The molecule has 0 heterocycles. The summed E-state index contributed by atoms with van der Waals surface area (Å²) in [7, 11) is 1.55. The molecular weight excluding hydrogens is 354 g/mol. The minimum absolute atomic E-state index is 0.0851. The lowest BCUT2D eigenvalue weighted by atomic mass is 10.1. The van der Waals surface area contributed by atoms with Gasteiger partial charge in [-0.25, -0.2) is 0 Å². The van der Waals surface area contributed by atoms with Crippen LogP contribution in [0.25, 0.3) is 0 Å². The third-order valence-corrected chi connectivity index (χ3v) is 3.98. The Morgan fingerprint density at radius 2 is 1.69 bits per heavy atom.